The summed E-state index contributed by atoms with van der Waals surface area (Å²) in [6.07, 6.45) is 5.86. The Morgan fingerprint density at radius 3 is 2.44 bits per heavy atom. The highest BCUT2D eigenvalue weighted by Gasteiger charge is 2.26. The van der Waals surface area contributed by atoms with E-state index >= 15 is 0 Å². The van der Waals surface area contributed by atoms with Gasteiger partial charge in [0.15, 0.2) is 5.82 Å². The molecule has 0 fully saturated rings. The molecule has 1 heterocycles. The van der Waals surface area contributed by atoms with Crippen LogP contribution < -0.4 is 4.74 Å². The number of aromatic carboxylic acids is 1. The standard InChI is InChI=1S/C20H22FNO3/c1-4-11-20(5-2,6-3)15-7-9-16(10-8-15)25-18-17(21)12-14(13-22-18)19(23)24/h4,7-10,12-13H,1,5-6,11H2,2-3H3,(H,23,24). The molecule has 2 rings (SSSR count). The van der Waals surface area contributed by atoms with Crippen molar-refractivity contribution >= 4 is 5.97 Å². The lowest BCUT2D eigenvalue weighted by Gasteiger charge is -2.31. The van der Waals surface area contributed by atoms with Crippen molar-refractivity contribution in [1.29, 1.82) is 0 Å². The number of carboxylic acid groups (broad SMARTS) is 1. The summed E-state index contributed by atoms with van der Waals surface area (Å²) < 4.78 is 19.4. The Bertz CT molecular complexity index is 752. The number of carboxylic acids is 1. The minimum absolute atomic E-state index is 0.0346. The third-order valence-corrected chi connectivity index (χ3v) is 4.62. The lowest BCUT2D eigenvalue weighted by atomic mass is 9.73. The van der Waals surface area contributed by atoms with E-state index in [0.717, 1.165) is 31.5 Å². The van der Waals surface area contributed by atoms with Crippen LogP contribution in [0.4, 0.5) is 4.39 Å². The van der Waals surface area contributed by atoms with E-state index < -0.39 is 11.8 Å². The Kier molecular flexibility index (Phi) is 5.91. The maximum atomic E-state index is 13.9. The van der Waals surface area contributed by atoms with E-state index in [4.69, 9.17) is 9.84 Å². The molecule has 5 heteroatoms. The minimum atomic E-state index is -1.24. The fourth-order valence-electron chi connectivity index (χ4n) is 2.95. The van der Waals surface area contributed by atoms with E-state index in [-0.39, 0.29) is 16.9 Å². The van der Waals surface area contributed by atoms with Crippen LogP contribution in [0.15, 0.2) is 49.2 Å². The summed E-state index contributed by atoms with van der Waals surface area (Å²) >= 11 is 0. The average molecular weight is 343 g/mol. The topological polar surface area (TPSA) is 59.4 Å². The fourth-order valence-corrected chi connectivity index (χ4v) is 2.95. The van der Waals surface area contributed by atoms with E-state index in [2.05, 4.69) is 25.4 Å². The summed E-state index contributed by atoms with van der Waals surface area (Å²) in [5, 5.41) is 8.83. The number of pyridine rings is 1. The van der Waals surface area contributed by atoms with Crippen LogP contribution in [0.2, 0.25) is 0 Å². The van der Waals surface area contributed by atoms with Crippen molar-refractivity contribution < 1.29 is 19.0 Å². The number of carbonyl (C=O) groups is 1. The quantitative estimate of drug-likeness (QED) is 0.657. The molecule has 132 valence electrons. The van der Waals surface area contributed by atoms with Gasteiger partial charge in [-0.25, -0.2) is 14.2 Å². The molecule has 0 unspecified atom stereocenters. The summed E-state index contributed by atoms with van der Waals surface area (Å²) in [5.74, 6) is -1.86. The van der Waals surface area contributed by atoms with E-state index in [1.54, 1.807) is 12.1 Å². The van der Waals surface area contributed by atoms with Gasteiger partial charge < -0.3 is 9.84 Å². The van der Waals surface area contributed by atoms with Crippen LogP contribution in [-0.2, 0) is 5.41 Å². The minimum Gasteiger partial charge on any atom is -0.478 e. The molecular formula is C20H22FNO3. The first-order chi connectivity index (χ1) is 12.0. The summed E-state index contributed by atoms with van der Waals surface area (Å²) in [7, 11) is 0. The Balaban J connectivity index is 2.23. The molecule has 4 nitrogen and oxygen atoms in total. The zero-order valence-corrected chi connectivity index (χ0v) is 14.5. The number of ether oxygens (including phenoxy) is 1. The van der Waals surface area contributed by atoms with Gasteiger partial charge in [-0.3, -0.25) is 0 Å². The molecule has 1 aromatic heterocycles. The molecule has 2 aromatic rings. The molecule has 0 amide bonds. The van der Waals surface area contributed by atoms with Crippen LogP contribution in [0.1, 0.15) is 49.0 Å². The maximum absolute atomic E-state index is 13.9. The van der Waals surface area contributed by atoms with Gasteiger partial charge in [0.25, 0.3) is 5.88 Å². The van der Waals surface area contributed by atoms with Gasteiger partial charge in [-0.1, -0.05) is 32.1 Å². The largest absolute Gasteiger partial charge is 0.478 e. The molecule has 0 radical (unpaired) electrons. The van der Waals surface area contributed by atoms with Crippen molar-refractivity contribution in [2.75, 3.05) is 0 Å². The molecule has 0 atom stereocenters. The van der Waals surface area contributed by atoms with E-state index in [9.17, 15) is 9.18 Å². The van der Waals surface area contributed by atoms with Crippen LogP contribution >= 0.6 is 0 Å². The first-order valence-corrected chi connectivity index (χ1v) is 8.24. The second kappa shape index (κ2) is 7.92. The maximum Gasteiger partial charge on any atom is 0.337 e. The number of allylic oxidation sites excluding steroid dienone is 1. The molecule has 1 aromatic carbocycles. The summed E-state index contributed by atoms with van der Waals surface area (Å²) in [5.41, 5.74) is 0.993. The Labute approximate surface area is 147 Å². The summed E-state index contributed by atoms with van der Waals surface area (Å²) in [4.78, 5) is 14.5. The monoisotopic (exact) mass is 343 g/mol. The first kappa shape index (κ1) is 18.6. The smallest absolute Gasteiger partial charge is 0.337 e. The van der Waals surface area contributed by atoms with E-state index in [0.29, 0.717) is 5.75 Å². The Hall–Kier alpha value is -2.69. The Morgan fingerprint density at radius 2 is 1.96 bits per heavy atom. The molecule has 0 saturated carbocycles. The van der Waals surface area contributed by atoms with E-state index in [1.807, 2.05) is 18.2 Å². The second-order valence-electron chi connectivity index (χ2n) is 5.92. The predicted octanol–water partition coefficient (Wildman–Crippen LogP) is 5.35. The molecule has 25 heavy (non-hydrogen) atoms. The van der Waals surface area contributed by atoms with Crippen molar-refractivity contribution in [2.45, 2.75) is 38.5 Å². The van der Waals surface area contributed by atoms with Crippen molar-refractivity contribution in [1.82, 2.24) is 4.98 Å². The van der Waals surface area contributed by atoms with Crippen LogP contribution in [-0.4, -0.2) is 16.1 Å². The van der Waals surface area contributed by atoms with Crippen LogP contribution in [0.3, 0.4) is 0 Å². The predicted molar refractivity (Wildman–Crippen MR) is 94.7 cm³/mol. The number of nitrogens with zero attached hydrogens (tertiary/aromatic N) is 1. The van der Waals surface area contributed by atoms with Crippen molar-refractivity contribution in [3.63, 3.8) is 0 Å². The van der Waals surface area contributed by atoms with Gasteiger partial charge in [-0.15, -0.1) is 6.58 Å². The first-order valence-electron chi connectivity index (χ1n) is 8.24. The zero-order valence-electron chi connectivity index (χ0n) is 14.5. The molecule has 0 bridgehead atoms. The van der Waals surface area contributed by atoms with Gasteiger partial charge in [0, 0.05) is 6.20 Å². The molecule has 0 aliphatic carbocycles. The normalized spacial score (nSPS) is 11.2. The SMILES string of the molecule is C=CCC(CC)(CC)c1ccc(Oc2ncc(C(=O)O)cc2F)cc1. The molecule has 0 spiro atoms. The van der Waals surface area contributed by atoms with Crippen LogP contribution in [0.5, 0.6) is 11.6 Å². The molecule has 0 saturated heterocycles. The number of aromatic nitrogens is 1. The van der Waals surface area contributed by atoms with E-state index in [1.165, 1.54) is 5.56 Å². The van der Waals surface area contributed by atoms with Gasteiger partial charge in [0.05, 0.1) is 5.56 Å². The van der Waals surface area contributed by atoms with Gasteiger partial charge in [0.2, 0.25) is 0 Å². The summed E-state index contributed by atoms with van der Waals surface area (Å²) in [6, 6.07) is 8.36. The second-order valence-corrected chi connectivity index (χ2v) is 5.92. The van der Waals surface area contributed by atoms with Crippen molar-refractivity contribution in [3.05, 3.63) is 66.1 Å². The molecule has 0 aliphatic rings. The highest BCUT2D eigenvalue weighted by molar-refractivity contribution is 5.87. The number of hydrogen-bond donors (Lipinski definition) is 1. The van der Waals surface area contributed by atoms with Crippen molar-refractivity contribution in [3.8, 4) is 11.6 Å². The van der Waals surface area contributed by atoms with Gasteiger partial charge in [-0.2, -0.15) is 0 Å². The van der Waals surface area contributed by atoms with Gasteiger partial charge in [-0.05, 0) is 48.4 Å². The van der Waals surface area contributed by atoms with Crippen LogP contribution in [0, 0.1) is 5.82 Å². The average Bonchev–Trinajstić information content (AvgIpc) is 2.62. The number of halogens is 1. The number of benzene rings is 1. The highest BCUT2D eigenvalue weighted by atomic mass is 19.1. The zero-order chi connectivity index (χ0) is 18.4. The third kappa shape index (κ3) is 4.05. The van der Waals surface area contributed by atoms with Crippen molar-refractivity contribution in [2.24, 2.45) is 0 Å². The number of hydrogen-bond acceptors (Lipinski definition) is 3. The Morgan fingerprint density at radius 1 is 1.32 bits per heavy atom. The number of rotatable bonds is 8. The molecular weight excluding hydrogens is 321 g/mol. The summed E-state index contributed by atoms with van der Waals surface area (Å²) in [6.45, 7) is 8.16. The van der Waals surface area contributed by atoms with Crippen LogP contribution in [0.25, 0.3) is 0 Å². The third-order valence-electron chi connectivity index (χ3n) is 4.62. The lowest BCUT2D eigenvalue weighted by molar-refractivity contribution is 0.0695. The van der Waals surface area contributed by atoms with Gasteiger partial charge >= 0.3 is 5.97 Å². The molecule has 0 aliphatic heterocycles. The fraction of sp³-hybridized carbons (Fsp3) is 0.300. The lowest BCUT2D eigenvalue weighted by Crippen LogP contribution is -2.23. The molecule has 1 N–H and O–H groups in total. The highest BCUT2D eigenvalue weighted by Crippen LogP contribution is 2.36. The van der Waals surface area contributed by atoms with Gasteiger partial charge in [0.1, 0.15) is 5.75 Å².